The maximum absolute atomic E-state index is 10.1. The van der Waals surface area contributed by atoms with Crippen LogP contribution in [0.2, 0.25) is 0 Å². The van der Waals surface area contributed by atoms with Gasteiger partial charge in [0.2, 0.25) is 0 Å². The Balaban J connectivity index is 0.0000111. The van der Waals surface area contributed by atoms with E-state index in [-0.39, 0.29) is 71.4 Å². The molecule has 0 atom stereocenters. The Morgan fingerprint density at radius 2 is 1.14 bits per heavy atom. The zero-order chi connectivity index (χ0) is 78.7. The number of ether oxygens (including phenoxy) is 1. The summed E-state index contributed by atoms with van der Waals surface area (Å²) in [5, 5.41) is -0.665. The van der Waals surface area contributed by atoms with Crippen LogP contribution in [0.3, 0.4) is 0 Å². The van der Waals surface area contributed by atoms with Gasteiger partial charge in [0.25, 0.3) is 6.33 Å². The number of rotatable bonds is 11. The molecular weight excluding hydrogens is 1240 g/mol. The molecule has 0 unspecified atom stereocenters. The van der Waals surface area contributed by atoms with E-state index in [9.17, 15) is 16.4 Å². The van der Waals surface area contributed by atoms with Crippen molar-refractivity contribution >= 4 is 61.7 Å². The van der Waals surface area contributed by atoms with E-state index in [1.54, 1.807) is 56.2 Å². The monoisotopic (exact) mass is 1340 g/mol. The van der Waals surface area contributed by atoms with E-state index < -0.39 is 162 Å². The molecule has 0 bridgehead atoms. The van der Waals surface area contributed by atoms with Crippen molar-refractivity contribution < 1.29 is 61.9 Å². The zero-order valence-electron chi connectivity index (χ0n) is 71.6. The van der Waals surface area contributed by atoms with Crippen molar-refractivity contribution in [2.24, 2.45) is 0 Å². The molecule has 0 radical (unpaired) electrons. The minimum absolute atomic E-state index is 0. The van der Waals surface area contributed by atoms with Gasteiger partial charge in [-0.1, -0.05) is 255 Å². The Hall–Kier alpha value is -8.67. The van der Waals surface area contributed by atoms with Crippen LogP contribution in [0.5, 0.6) is 11.5 Å². The molecule has 5 nitrogen and oxygen atoms in total. The van der Waals surface area contributed by atoms with Gasteiger partial charge in [-0.3, -0.25) is 4.57 Å². The normalized spacial score (nSPS) is 16.1. The molecule has 428 valence electrons. The van der Waals surface area contributed by atoms with E-state index in [1.807, 2.05) is 108 Å². The Bertz CT molecular complexity index is 5710. The summed E-state index contributed by atoms with van der Waals surface area (Å²) in [6.07, 6.45) is 4.81. The fourth-order valence-corrected chi connectivity index (χ4v) is 15.2. The molecule has 0 fully saturated rings. The first-order valence-corrected chi connectivity index (χ1v) is 29.7. The number of nitrogens with zero attached hydrogens (tertiary/aromatic N) is 4. The summed E-state index contributed by atoms with van der Waals surface area (Å²) in [5.41, 5.74) is 2.79. The third-order valence-electron chi connectivity index (χ3n) is 15.4. The summed E-state index contributed by atoms with van der Waals surface area (Å²) < 4.78 is 225. The minimum Gasteiger partial charge on any atom is -0.510 e. The van der Waals surface area contributed by atoms with Gasteiger partial charge in [-0.05, 0) is 112 Å². The van der Waals surface area contributed by atoms with Gasteiger partial charge in [0.05, 0.1) is 44.1 Å². The summed E-state index contributed by atoms with van der Waals surface area (Å²) in [7, 11) is -5.90. The molecular formula is C79H70N4OPtSi-2. The van der Waals surface area contributed by atoms with Crippen molar-refractivity contribution in [1.82, 2.24) is 14.1 Å². The van der Waals surface area contributed by atoms with E-state index in [2.05, 4.69) is 39.2 Å². The van der Waals surface area contributed by atoms with Crippen molar-refractivity contribution in [3.05, 3.63) is 283 Å². The van der Waals surface area contributed by atoms with E-state index in [1.165, 1.54) is 12.3 Å². The van der Waals surface area contributed by atoms with Crippen LogP contribution in [-0.2, 0) is 37.3 Å². The van der Waals surface area contributed by atoms with Crippen LogP contribution in [0.1, 0.15) is 116 Å². The van der Waals surface area contributed by atoms with Crippen molar-refractivity contribution in [2.45, 2.75) is 85.4 Å². The molecule has 3 aromatic heterocycles. The molecule has 0 amide bonds. The molecule has 0 saturated heterocycles. The summed E-state index contributed by atoms with van der Waals surface area (Å²) in [4.78, 5) is 4.72. The molecule has 13 rings (SSSR count). The molecule has 86 heavy (non-hydrogen) atoms. The molecule has 0 aliphatic rings. The van der Waals surface area contributed by atoms with Crippen molar-refractivity contribution in [3.63, 3.8) is 0 Å². The van der Waals surface area contributed by atoms with Gasteiger partial charge >= 0.3 is 0 Å². The first-order valence-electron chi connectivity index (χ1n) is 39.2. The second kappa shape index (κ2) is 22.6. The summed E-state index contributed by atoms with van der Waals surface area (Å²) >= 11 is 0. The van der Waals surface area contributed by atoms with Crippen LogP contribution in [0, 0.1) is 25.3 Å². The molecule has 0 N–H and O–H groups in total. The van der Waals surface area contributed by atoms with Crippen LogP contribution < -0.4 is 30.1 Å². The third-order valence-corrected chi connectivity index (χ3v) is 19.6. The predicted molar refractivity (Wildman–Crippen MR) is 355 cm³/mol. The van der Waals surface area contributed by atoms with Gasteiger partial charge in [0, 0.05) is 54.0 Å². The molecule has 10 aromatic carbocycles. The predicted octanol–water partition coefficient (Wildman–Crippen LogP) is 16.5. The first kappa shape index (κ1) is 36.3. The summed E-state index contributed by atoms with van der Waals surface area (Å²) in [5.74, 6) is 0.378. The number of pyridine rings is 1. The zero-order valence-corrected chi connectivity index (χ0v) is 51.8. The Morgan fingerprint density at radius 3 is 1.76 bits per heavy atom. The van der Waals surface area contributed by atoms with E-state index >= 15 is 0 Å². The Labute approximate surface area is 554 Å². The minimum atomic E-state index is -5.90. The smallest absolute Gasteiger partial charge is 0.268 e. The summed E-state index contributed by atoms with van der Waals surface area (Å²) in [6.45, 7) is 14.8. The van der Waals surface area contributed by atoms with Gasteiger partial charge < -0.3 is 13.9 Å². The number of hydrogen-bond donors (Lipinski definition) is 0. The SMILES string of the molecule is [2H]c1c([2H])c([2H])c(-c2cnc(-n3c4[c-]c(Oc5[c-]c(-n6[c-][n+](-c7c(C(C)(C)C)cc(C(C)(C)C)cc7[Si](c7c([2H])c([2H])c([2H])c([2H])c7[2H])(c7c([2H])c([2H])c([2H])c([2H])c7[2H])c7c([2H])c([2H])c([2H])c([2H])c7[2H])c7ccc(-c8ccc(C(C)(C)C)cc8)cc76)ccc5)ccc4c4ccccc43)cc2C([2H])([2H])[2H])c([2H])c1[2H].[Pt]. The van der Waals surface area contributed by atoms with Gasteiger partial charge in [-0.2, -0.15) is 18.2 Å². The molecule has 0 aliphatic carbocycles. The Morgan fingerprint density at radius 1 is 0.535 bits per heavy atom. The molecule has 3 heterocycles. The number of hydrogen-bond acceptors (Lipinski definition) is 2. The second-order valence-electron chi connectivity index (χ2n) is 24.0. The van der Waals surface area contributed by atoms with Gasteiger partial charge in [0.15, 0.2) is 8.07 Å². The topological polar surface area (TPSA) is 35.9 Å². The molecule has 13 aromatic rings. The second-order valence-corrected chi connectivity index (χ2v) is 27.5. The van der Waals surface area contributed by atoms with Crippen LogP contribution >= 0.6 is 0 Å². The molecule has 0 aliphatic heterocycles. The average Bonchev–Trinajstić information content (AvgIpc) is 0.989. The standard InChI is InChI=1S/C79H70N4OSi.Pt/c1-54-46-75(80-52-68(54)56-26-15-11-16-27-56)83-70-37-24-23-36-66(70)67-44-43-62(51-72(67)83)84-61-29-25-28-60(50-61)81-53-82(71-45-40-57(47-73(71)81)55-38-41-58(42-39-55)77(2,3)4)76-69(79(8,9)10)48-59(78(5,6)7)49-74(76)85(63-30-17-12-18-31-63,64-32-19-13-20-33-64)65-34-21-14-22-35-65;/h11-49,52H,1-10H3;/q-2;/i1D3,11D,12D,13D,14D,15D,16D,17D,18D,19D,20D,21D,22D,26D,27D,30D,31D,32D,33D,34D,35D;. The van der Waals surface area contributed by atoms with Crippen molar-refractivity contribution in [1.29, 1.82) is 0 Å². The van der Waals surface area contributed by atoms with Crippen LogP contribution in [0.4, 0.5) is 0 Å². The number of aryl methyl sites for hydroxylation is 1. The average molecular weight is 1340 g/mol. The summed E-state index contributed by atoms with van der Waals surface area (Å²) in [6, 6.07) is 24.7. The molecule has 7 heteroatoms. The van der Waals surface area contributed by atoms with E-state index in [0.29, 0.717) is 44.3 Å². The number of imidazole rings is 1. The van der Waals surface area contributed by atoms with Crippen LogP contribution in [0.25, 0.3) is 72.3 Å². The number of fused-ring (bicyclic) bond motifs is 4. The fourth-order valence-electron chi connectivity index (χ4n) is 11.1. The quantitative estimate of drug-likeness (QED) is 0.0560. The van der Waals surface area contributed by atoms with Crippen LogP contribution in [0.15, 0.2) is 242 Å². The number of benzene rings is 10. The van der Waals surface area contributed by atoms with E-state index in [0.717, 1.165) is 22.1 Å². The van der Waals surface area contributed by atoms with Crippen LogP contribution in [-0.4, -0.2) is 22.2 Å². The maximum Gasteiger partial charge on any atom is 0.268 e. The number of aromatic nitrogens is 4. The van der Waals surface area contributed by atoms with E-state index in [4.69, 9.17) is 24.8 Å². The fraction of sp³-hybridized carbons (Fsp3) is 0.165. The third kappa shape index (κ3) is 10.5. The van der Waals surface area contributed by atoms with Gasteiger partial charge in [0.1, 0.15) is 5.82 Å². The first-order chi connectivity index (χ1) is 50.4. The largest absolute Gasteiger partial charge is 0.510 e. The Kier molecular flexibility index (Phi) is 9.57. The van der Waals surface area contributed by atoms with Crippen molar-refractivity contribution in [3.8, 4) is 50.9 Å². The van der Waals surface area contributed by atoms with Gasteiger partial charge in [-0.15, -0.1) is 29.7 Å². The molecule has 0 saturated carbocycles. The number of para-hydroxylation sites is 1. The van der Waals surface area contributed by atoms with Crippen molar-refractivity contribution in [2.75, 3.05) is 0 Å². The van der Waals surface area contributed by atoms with Gasteiger partial charge in [-0.25, -0.2) is 4.98 Å². The molecule has 0 spiro atoms. The maximum atomic E-state index is 10.1.